The first kappa shape index (κ1) is 24.9. The van der Waals surface area contributed by atoms with E-state index in [-0.39, 0.29) is 11.3 Å². The van der Waals surface area contributed by atoms with Crippen LogP contribution in [-0.4, -0.2) is 50.1 Å². The number of nitrogens with zero attached hydrogens (tertiary/aromatic N) is 1. The van der Waals surface area contributed by atoms with Crippen LogP contribution in [0, 0.1) is 11.8 Å². The van der Waals surface area contributed by atoms with E-state index in [2.05, 4.69) is 64.1 Å². The summed E-state index contributed by atoms with van der Waals surface area (Å²) in [5, 5.41) is 7.29. The van der Waals surface area contributed by atoms with Crippen LogP contribution in [0.25, 0.3) is 0 Å². The Morgan fingerprint density at radius 2 is 1.84 bits per heavy atom. The van der Waals surface area contributed by atoms with Gasteiger partial charge >= 0.3 is 0 Å². The summed E-state index contributed by atoms with van der Waals surface area (Å²) in [4.78, 5) is 17.0. The molecule has 2 N–H and O–H groups in total. The number of carbonyl (C=O) groups is 1. The summed E-state index contributed by atoms with van der Waals surface area (Å²) in [7, 11) is 1.76. The van der Waals surface area contributed by atoms with E-state index in [0.717, 1.165) is 57.7 Å². The number of carbonyl (C=O) groups excluding carboxylic acids is 1. The van der Waals surface area contributed by atoms with Crippen molar-refractivity contribution >= 4 is 5.91 Å². The molecule has 2 aromatic rings. The molecule has 0 radical (unpaired) electrons. The van der Waals surface area contributed by atoms with E-state index in [1.165, 1.54) is 48.8 Å². The molecule has 5 nitrogen and oxygen atoms in total. The molecule has 5 heteroatoms. The Hall–Kier alpha value is -2.37. The predicted octanol–water partition coefficient (Wildman–Crippen LogP) is 5.00. The van der Waals surface area contributed by atoms with Gasteiger partial charge in [-0.25, -0.2) is 0 Å². The van der Waals surface area contributed by atoms with Gasteiger partial charge in [0.05, 0.1) is 13.0 Å². The molecule has 1 spiro atoms. The standard InChI is InChI=1S/C32H43N3O2/c1-37-30-14-8-13-27-26(30)20-33-17-16-32(27)22-34-21-28(32)31(36)35-18-15-25(23-9-4-2-5-10-23)19-29(35)24-11-6-3-7-12-24/h2,4-5,8-10,13-14,24-25,28-29,33-34H,3,6-7,11-12,15-22H2,1H3/t25-,28+,29+,32+/m1/s1. The Labute approximate surface area is 222 Å². The number of hydrogen-bond acceptors (Lipinski definition) is 4. The molecule has 4 atom stereocenters. The molecule has 3 fully saturated rings. The lowest BCUT2D eigenvalue weighted by atomic mass is 9.67. The maximum Gasteiger partial charge on any atom is 0.228 e. The number of ether oxygens (including phenoxy) is 1. The number of piperidine rings is 1. The van der Waals surface area contributed by atoms with Crippen LogP contribution in [0.5, 0.6) is 5.75 Å². The van der Waals surface area contributed by atoms with Crippen LogP contribution in [-0.2, 0) is 16.8 Å². The molecule has 6 rings (SSSR count). The van der Waals surface area contributed by atoms with E-state index in [9.17, 15) is 4.79 Å². The van der Waals surface area contributed by atoms with Crippen LogP contribution >= 0.6 is 0 Å². The number of rotatable bonds is 4. The second kappa shape index (κ2) is 10.8. The third kappa shape index (κ3) is 4.59. The van der Waals surface area contributed by atoms with Crippen LogP contribution in [0.1, 0.15) is 74.0 Å². The number of hydrogen-bond donors (Lipinski definition) is 2. The van der Waals surface area contributed by atoms with Gasteiger partial charge in [0, 0.05) is 43.2 Å². The second-order valence-corrected chi connectivity index (χ2v) is 11.9. The highest BCUT2D eigenvalue weighted by molar-refractivity contribution is 5.82. The van der Waals surface area contributed by atoms with Gasteiger partial charge in [-0.05, 0) is 67.7 Å². The lowest BCUT2D eigenvalue weighted by molar-refractivity contribution is -0.142. The molecule has 1 aliphatic carbocycles. The minimum absolute atomic E-state index is 0.0300. The highest BCUT2D eigenvalue weighted by atomic mass is 16.5. The summed E-state index contributed by atoms with van der Waals surface area (Å²) in [6, 6.07) is 17.8. The van der Waals surface area contributed by atoms with Gasteiger partial charge in [-0.2, -0.15) is 0 Å². The highest BCUT2D eigenvalue weighted by Gasteiger charge is 2.52. The van der Waals surface area contributed by atoms with Crippen molar-refractivity contribution in [2.45, 2.75) is 75.3 Å². The fourth-order valence-corrected chi connectivity index (χ4v) is 8.16. The van der Waals surface area contributed by atoms with Crippen molar-refractivity contribution in [1.82, 2.24) is 15.5 Å². The van der Waals surface area contributed by atoms with Gasteiger partial charge in [0.2, 0.25) is 5.91 Å². The molecule has 0 unspecified atom stereocenters. The Balaban J connectivity index is 1.32. The van der Waals surface area contributed by atoms with Gasteiger partial charge in [-0.3, -0.25) is 4.79 Å². The molecule has 1 saturated carbocycles. The fourth-order valence-electron chi connectivity index (χ4n) is 8.16. The third-order valence-corrected chi connectivity index (χ3v) is 10.1. The minimum atomic E-state index is -0.183. The molecule has 0 aromatic heterocycles. The molecular weight excluding hydrogens is 458 g/mol. The quantitative estimate of drug-likeness (QED) is 0.619. The average molecular weight is 502 g/mol. The Bertz CT molecular complexity index is 1080. The summed E-state index contributed by atoms with van der Waals surface area (Å²) in [6.45, 7) is 4.24. The van der Waals surface area contributed by atoms with E-state index in [0.29, 0.717) is 23.8 Å². The molecule has 3 heterocycles. The Morgan fingerprint density at radius 1 is 1.00 bits per heavy atom. The van der Waals surface area contributed by atoms with E-state index in [1.54, 1.807) is 7.11 Å². The van der Waals surface area contributed by atoms with Gasteiger partial charge in [0.25, 0.3) is 0 Å². The summed E-state index contributed by atoms with van der Waals surface area (Å²) in [5.41, 5.74) is 3.81. The van der Waals surface area contributed by atoms with Gasteiger partial charge in [-0.1, -0.05) is 61.7 Å². The number of methoxy groups -OCH3 is 1. The molecule has 2 aromatic carbocycles. The predicted molar refractivity (Wildman–Crippen MR) is 148 cm³/mol. The third-order valence-electron chi connectivity index (χ3n) is 10.1. The lowest BCUT2D eigenvalue weighted by Gasteiger charge is -2.47. The van der Waals surface area contributed by atoms with Gasteiger partial charge < -0.3 is 20.3 Å². The number of amides is 1. The lowest BCUT2D eigenvalue weighted by Crippen LogP contribution is -2.55. The summed E-state index contributed by atoms with van der Waals surface area (Å²) in [5.74, 6) is 2.49. The molecule has 4 aliphatic rings. The average Bonchev–Trinajstić information content (AvgIpc) is 3.30. The smallest absolute Gasteiger partial charge is 0.228 e. The first-order valence-corrected chi connectivity index (χ1v) is 14.6. The molecule has 3 aliphatic heterocycles. The Morgan fingerprint density at radius 3 is 2.65 bits per heavy atom. The van der Waals surface area contributed by atoms with Crippen molar-refractivity contribution in [3.05, 3.63) is 65.2 Å². The first-order chi connectivity index (χ1) is 18.2. The second-order valence-electron chi connectivity index (χ2n) is 11.9. The van der Waals surface area contributed by atoms with Crippen LogP contribution < -0.4 is 15.4 Å². The van der Waals surface area contributed by atoms with Crippen molar-refractivity contribution in [2.75, 3.05) is 33.3 Å². The molecule has 1 amide bonds. The van der Waals surface area contributed by atoms with E-state index in [1.807, 2.05) is 0 Å². The minimum Gasteiger partial charge on any atom is -0.496 e. The summed E-state index contributed by atoms with van der Waals surface area (Å²) < 4.78 is 5.78. The zero-order chi connectivity index (χ0) is 25.2. The maximum absolute atomic E-state index is 14.7. The first-order valence-electron chi connectivity index (χ1n) is 14.6. The van der Waals surface area contributed by atoms with Crippen molar-refractivity contribution in [3.8, 4) is 5.75 Å². The molecule has 37 heavy (non-hydrogen) atoms. The highest BCUT2D eigenvalue weighted by Crippen LogP contribution is 2.46. The van der Waals surface area contributed by atoms with Crippen LogP contribution in [0.2, 0.25) is 0 Å². The molecule has 198 valence electrons. The van der Waals surface area contributed by atoms with Crippen molar-refractivity contribution in [1.29, 1.82) is 0 Å². The van der Waals surface area contributed by atoms with Crippen molar-refractivity contribution in [3.63, 3.8) is 0 Å². The Kier molecular flexibility index (Phi) is 7.27. The van der Waals surface area contributed by atoms with Crippen molar-refractivity contribution < 1.29 is 9.53 Å². The van der Waals surface area contributed by atoms with Crippen molar-refractivity contribution in [2.24, 2.45) is 11.8 Å². The number of fused-ring (bicyclic) bond motifs is 2. The number of likely N-dealkylation sites (tertiary alicyclic amines) is 1. The van der Waals surface area contributed by atoms with Crippen LogP contribution in [0.3, 0.4) is 0 Å². The zero-order valence-corrected chi connectivity index (χ0v) is 22.4. The number of benzene rings is 2. The zero-order valence-electron chi connectivity index (χ0n) is 22.4. The van der Waals surface area contributed by atoms with E-state index >= 15 is 0 Å². The SMILES string of the molecule is COc1cccc2c1CNCC[C@]21CNC[C@H]1C(=O)N1CC[C@@H](c2ccccc2)C[C@H]1C1CCCCC1. The van der Waals surface area contributed by atoms with E-state index < -0.39 is 0 Å². The van der Waals surface area contributed by atoms with E-state index in [4.69, 9.17) is 4.74 Å². The van der Waals surface area contributed by atoms with Crippen LogP contribution in [0.15, 0.2) is 48.5 Å². The molecule has 0 bridgehead atoms. The fraction of sp³-hybridized carbons (Fsp3) is 0.594. The number of nitrogens with one attached hydrogen (secondary N) is 2. The van der Waals surface area contributed by atoms with Gasteiger partial charge in [0.15, 0.2) is 0 Å². The molecular formula is C32H43N3O2. The van der Waals surface area contributed by atoms with Gasteiger partial charge in [0.1, 0.15) is 5.75 Å². The summed E-state index contributed by atoms with van der Waals surface area (Å²) in [6.07, 6.45) is 9.67. The van der Waals surface area contributed by atoms with Crippen LogP contribution in [0.4, 0.5) is 0 Å². The topological polar surface area (TPSA) is 53.6 Å². The monoisotopic (exact) mass is 501 g/mol. The maximum atomic E-state index is 14.7. The largest absolute Gasteiger partial charge is 0.496 e. The molecule has 2 saturated heterocycles. The normalized spacial score (nSPS) is 30.6. The summed E-state index contributed by atoms with van der Waals surface area (Å²) >= 11 is 0. The van der Waals surface area contributed by atoms with Gasteiger partial charge in [-0.15, -0.1) is 0 Å².